The molecule has 19 heavy (non-hydrogen) atoms. The highest BCUT2D eigenvalue weighted by atomic mass is 19.1. The van der Waals surface area contributed by atoms with Crippen LogP contribution in [0.3, 0.4) is 0 Å². The van der Waals surface area contributed by atoms with Crippen molar-refractivity contribution in [3.8, 4) is 5.88 Å². The largest absolute Gasteiger partial charge is 0.481 e. The normalized spacial score (nSPS) is 12.5. The highest BCUT2D eigenvalue weighted by Gasteiger charge is 2.23. The summed E-state index contributed by atoms with van der Waals surface area (Å²) < 4.78 is 20.4. The van der Waals surface area contributed by atoms with Crippen LogP contribution in [0.25, 0.3) is 0 Å². The molecule has 0 amide bonds. The van der Waals surface area contributed by atoms with Gasteiger partial charge in [0.2, 0.25) is 5.88 Å². The van der Waals surface area contributed by atoms with Crippen molar-refractivity contribution < 1.29 is 14.2 Å². The Morgan fingerprint density at radius 3 is 2.63 bits per heavy atom. The molecule has 0 aliphatic heterocycles. The fourth-order valence-corrected chi connectivity index (χ4v) is 2.16. The number of ether oxygens (including phenoxy) is 1. The molecule has 0 bridgehead atoms. The van der Waals surface area contributed by atoms with E-state index in [2.05, 4.69) is 5.10 Å². The summed E-state index contributed by atoms with van der Waals surface area (Å²) in [6, 6.07) is 4.69. The van der Waals surface area contributed by atoms with Gasteiger partial charge >= 0.3 is 0 Å². The molecule has 102 valence electrons. The van der Waals surface area contributed by atoms with Crippen LogP contribution in [0.15, 0.2) is 18.2 Å². The summed E-state index contributed by atoms with van der Waals surface area (Å²) in [4.78, 5) is 0. The smallest absolute Gasteiger partial charge is 0.217 e. The fourth-order valence-electron chi connectivity index (χ4n) is 2.16. The van der Waals surface area contributed by atoms with E-state index < -0.39 is 6.10 Å². The molecule has 2 rings (SSSR count). The van der Waals surface area contributed by atoms with E-state index in [1.807, 2.05) is 0 Å². The summed E-state index contributed by atoms with van der Waals surface area (Å²) in [6.45, 7) is 3.47. The van der Waals surface area contributed by atoms with Gasteiger partial charge in [0.15, 0.2) is 0 Å². The number of benzene rings is 1. The second kappa shape index (κ2) is 5.01. The van der Waals surface area contributed by atoms with Gasteiger partial charge in [0.1, 0.15) is 11.9 Å². The third kappa shape index (κ3) is 2.33. The van der Waals surface area contributed by atoms with Crippen LogP contribution in [0.2, 0.25) is 0 Å². The average molecular weight is 264 g/mol. The first-order chi connectivity index (χ1) is 8.95. The molecule has 2 aromatic rings. The molecule has 1 aromatic carbocycles. The molecule has 0 fully saturated rings. The molecule has 5 heteroatoms. The van der Waals surface area contributed by atoms with Crippen LogP contribution in [-0.2, 0) is 7.05 Å². The third-order valence-electron chi connectivity index (χ3n) is 3.19. The van der Waals surface area contributed by atoms with Crippen LogP contribution >= 0.6 is 0 Å². The van der Waals surface area contributed by atoms with Crippen molar-refractivity contribution in [2.75, 3.05) is 7.11 Å². The van der Waals surface area contributed by atoms with Crippen molar-refractivity contribution in [1.82, 2.24) is 9.78 Å². The standard InChI is InChI=1S/C14H17FN2O2/c1-8-5-6-10(7-11(8)15)13(18)12-9(2)16-17(3)14(12)19-4/h5-7,13,18H,1-4H3. The lowest BCUT2D eigenvalue weighted by molar-refractivity contribution is 0.212. The number of aliphatic hydroxyl groups excluding tert-OH is 1. The number of hydrogen-bond donors (Lipinski definition) is 1. The van der Waals surface area contributed by atoms with Crippen molar-refractivity contribution in [2.45, 2.75) is 20.0 Å². The Hall–Kier alpha value is -1.88. The Balaban J connectivity index is 2.49. The number of methoxy groups -OCH3 is 1. The Bertz CT molecular complexity index is 608. The fraction of sp³-hybridized carbons (Fsp3) is 0.357. The second-order valence-corrected chi connectivity index (χ2v) is 4.54. The van der Waals surface area contributed by atoms with Crippen LogP contribution in [0.1, 0.15) is 28.5 Å². The number of aryl methyl sites for hydroxylation is 3. The quantitative estimate of drug-likeness (QED) is 0.925. The maximum absolute atomic E-state index is 13.6. The van der Waals surface area contributed by atoms with E-state index >= 15 is 0 Å². The van der Waals surface area contributed by atoms with Crippen molar-refractivity contribution in [3.63, 3.8) is 0 Å². The van der Waals surface area contributed by atoms with Gasteiger partial charge in [-0.1, -0.05) is 12.1 Å². The molecule has 0 aliphatic carbocycles. The Labute approximate surface area is 111 Å². The van der Waals surface area contributed by atoms with E-state index in [1.54, 1.807) is 37.7 Å². The molecule has 0 radical (unpaired) electrons. The first kappa shape index (κ1) is 13.5. The lowest BCUT2D eigenvalue weighted by Gasteiger charge is -2.13. The van der Waals surface area contributed by atoms with Gasteiger partial charge in [-0.05, 0) is 31.0 Å². The highest BCUT2D eigenvalue weighted by molar-refractivity contribution is 5.40. The third-order valence-corrected chi connectivity index (χ3v) is 3.19. The highest BCUT2D eigenvalue weighted by Crippen LogP contribution is 2.32. The van der Waals surface area contributed by atoms with Gasteiger partial charge in [-0.25, -0.2) is 9.07 Å². The van der Waals surface area contributed by atoms with E-state index in [0.717, 1.165) is 0 Å². The second-order valence-electron chi connectivity index (χ2n) is 4.54. The van der Waals surface area contributed by atoms with E-state index in [9.17, 15) is 9.50 Å². The zero-order valence-corrected chi connectivity index (χ0v) is 11.4. The zero-order valence-electron chi connectivity index (χ0n) is 11.4. The van der Waals surface area contributed by atoms with Gasteiger partial charge in [-0.2, -0.15) is 5.10 Å². The van der Waals surface area contributed by atoms with Gasteiger partial charge in [-0.3, -0.25) is 0 Å². The predicted octanol–water partition coefficient (Wildman–Crippen LogP) is 2.27. The summed E-state index contributed by atoms with van der Waals surface area (Å²) >= 11 is 0. The number of aromatic nitrogens is 2. The Morgan fingerprint density at radius 1 is 1.37 bits per heavy atom. The van der Waals surface area contributed by atoms with Gasteiger partial charge < -0.3 is 9.84 Å². The van der Waals surface area contributed by atoms with Crippen molar-refractivity contribution in [2.24, 2.45) is 7.05 Å². The average Bonchev–Trinajstić information content (AvgIpc) is 2.66. The summed E-state index contributed by atoms with van der Waals surface area (Å²) in [7, 11) is 3.25. The topological polar surface area (TPSA) is 47.3 Å². The molecule has 0 aliphatic rings. The van der Waals surface area contributed by atoms with Crippen molar-refractivity contribution in [3.05, 3.63) is 46.4 Å². The lowest BCUT2D eigenvalue weighted by Crippen LogP contribution is -2.04. The predicted molar refractivity (Wildman–Crippen MR) is 69.7 cm³/mol. The van der Waals surface area contributed by atoms with Crippen LogP contribution in [0, 0.1) is 19.7 Å². The summed E-state index contributed by atoms with van der Waals surface area (Å²) in [6.07, 6.45) is -0.959. The minimum absolute atomic E-state index is 0.336. The Morgan fingerprint density at radius 2 is 2.05 bits per heavy atom. The molecule has 4 nitrogen and oxygen atoms in total. The van der Waals surface area contributed by atoms with E-state index in [4.69, 9.17) is 4.74 Å². The van der Waals surface area contributed by atoms with E-state index in [0.29, 0.717) is 28.3 Å². The number of halogens is 1. The minimum Gasteiger partial charge on any atom is -0.481 e. The molecule has 1 heterocycles. The summed E-state index contributed by atoms with van der Waals surface area (Å²) in [5, 5.41) is 14.6. The molecule has 0 spiro atoms. The molecular weight excluding hydrogens is 247 g/mol. The van der Waals surface area contributed by atoms with Crippen molar-refractivity contribution in [1.29, 1.82) is 0 Å². The van der Waals surface area contributed by atoms with Crippen LogP contribution in [-0.4, -0.2) is 22.0 Å². The SMILES string of the molecule is COc1c(C(O)c2ccc(C)c(F)c2)c(C)nn1C. The first-order valence-electron chi connectivity index (χ1n) is 5.97. The molecular formula is C14H17FN2O2. The van der Waals surface area contributed by atoms with E-state index in [1.165, 1.54) is 13.2 Å². The lowest BCUT2D eigenvalue weighted by atomic mass is 10.0. The number of nitrogens with zero attached hydrogens (tertiary/aromatic N) is 2. The first-order valence-corrected chi connectivity index (χ1v) is 5.97. The molecule has 0 saturated carbocycles. The molecule has 1 N–H and O–H groups in total. The van der Waals surface area contributed by atoms with Crippen LogP contribution < -0.4 is 4.74 Å². The maximum atomic E-state index is 13.6. The summed E-state index contributed by atoms with van der Waals surface area (Å²) in [5.74, 6) is 0.142. The van der Waals surface area contributed by atoms with Gasteiger partial charge in [0, 0.05) is 7.05 Å². The molecule has 1 atom stereocenters. The van der Waals surface area contributed by atoms with Gasteiger partial charge in [0.05, 0.1) is 18.4 Å². The summed E-state index contributed by atoms with van der Waals surface area (Å²) in [5.41, 5.74) is 2.25. The molecule has 1 aromatic heterocycles. The number of aliphatic hydroxyl groups is 1. The van der Waals surface area contributed by atoms with Crippen LogP contribution in [0.4, 0.5) is 4.39 Å². The monoisotopic (exact) mass is 264 g/mol. The molecule has 0 saturated heterocycles. The maximum Gasteiger partial charge on any atom is 0.217 e. The number of hydrogen-bond acceptors (Lipinski definition) is 3. The molecule has 1 unspecified atom stereocenters. The minimum atomic E-state index is -0.959. The van der Waals surface area contributed by atoms with Crippen molar-refractivity contribution >= 4 is 0 Å². The van der Waals surface area contributed by atoms with Crippen LogP contribution in [0.5, 0.6) is 5.88 Å². The Kier molecular flexibility index (Phi) is 3.57. The van der Waals surface area contributed by atoms with Gasteiger partial charge in [-0.15, -0.1) is 0 Å². The zero-order chi connectivity index (χ0) is 14.2. The van der Waals surface area contributed by atoms with Gasteiger partial charge in [0.25, 0.3) is 0 Å². The van der Waals surface area contributed by atoms with E-state index in [-0.39, 0.29) is 5.82 Å². The number of rotatable bonds is 3.